The summed E-state index contributed by atoms with van der Waals surface area (Å²) in [5.41, 5.74) is 2.89. The van der Waals surface area contributed by atoms with E-state index in [0.29, 0.717) is 42.6 Å². The minimum atomic E-state index is -0.646. The van der Waals surface area contributed by atoms with Gasteiger partial charge in [0.05, 0.1) is 28.9 Å². The van der Waals surface area contributed by atoms with Crippen LogP contribution in [0.2, 0.25) is 5.02 Å². The fourth-order valence-corrected chi connectivity index (χ4v) is 6.27. The molecule has 0 saturated heterocycles. The maximum Gasteiger partial charge on any atom is 0.257 e. The molecule has 10 heteroatoms. The number of nitrogens with one attached hydrogen (secondary N) is 1. The molecule has 1 aliphatic rings. The maximum atomic E-state index is 14.4. The summed E-state index contributed by atoms with van der Waals surface area (Å²) in [5, 5.41) is 3.43. The molecule has 35 heavy (non-hydrogen) atoms. The van der Waals surface area contributed by atoms with Gasteiger partial charge in [0.2, 0.25) is 5.91 Å². The van der Waals surface area contributed by atoms with Gasteiger partial charge in [-0.2, -0.15) is 0 Å². The summed E-state index contributed by atoms with van der Waals surface area (Å²) >= 11 is 11.4. The van der Waals surface area contributed by atoms with Gasteiger partial charge in [-0.1, -0.05) is 51.0 Å². The Bertz CT molecular complexity index is 1490. The van der Waals surface area contributed by atoms with Crippen molar-refractivity contribution in [2.75, 3.05) is 12.4 Å². The van der Waals surface area contributed by atoms with Crippen LogP contribution in [0.15, 0.2) is 53.0 Å². The SMILES string of the molecule is COc1ccc(CN2C(=O)c3c(c(Br)cc4sc(NC(C)=O)nc34)C2c2cc(F)ccc2Cl)cc1. The molecule has 0 radical (unpaired) electrons. The minimum absolute atomic E-state index is 0.253. The summed E-state index contributed by atoms with van der Waals surface area (Å²) in [6.07, 6.45) is 0. The van der Waals surface area contributed by atoms with Gasteiger partial charge in [0.25, 0.3) is 5.91 Å². The summed E-state index contributed by atoms with van der Waals surface area (Å²) in [6.45, 7) is 1.65. The second kappa shape index (κ2) is 9.22. The lowest BCUT2D eigenvalue weighted by molar-refractivity contribution is -0.114. The van der Waals surface area contributed by atoms with Gasteiger partial charge in [-0.25, -0.2) is 9.37 Å². The monoisotopic (exact) mass is 573 g/mol. The number of halogens is 3. The van der Waals surface area contributed by atoms with E-state index in [1.165, 1.54) is 36.5 Å². The maximum absolute atomic E-state index is 14.4. The molecular weight excluding hydrogens is 557 g/mol. The summed E-state index contributed by atoms with van der Waals surface area (Å²) < 4.78 is 21.0. The number of aromatic nitrogens is 1. The molecule has 2 amide bonds. The third-order valence-electron chi connectivity index (χ3n) is 5.78. The molecule has 178 valence electrons. The Labute approximate surface area is 217 Å². The van der Waals surface area contributed by atoms with Crippen molar-refractivity contribution < 1.29 is 18.7 Å². The smallest absolute Gasteiger partial charge is 0.257 e. The molecule has 1 unspecified atom stereocenters. The number of anilines is 1. The number of fused-ring (bicyclic) bond motifs is 3. The molecule has 6 nitrogen and oxygen atoms in total. The van der Waals surface area contributed by atoms with Gasteiger partial charge in [-0.05, 0) is 42.0 Å². The molecule has 2 heterocycles. The molecule has 0 saturated carbocycles. The third-order valence-corrected chi connectivity index (χ3v) is 7.70. The number of amides is 2. The first-order valence-corrected chi connectivity index (χ1v) is 12.5. The molecule has 1 N–H and O–H groups in total. The summed E-state index contributed by atoms with van der Waals surface area (Å²) in [7, 11) is 1.59. The number of methoxy groups -OCH3 is 1. The van der Waals surface area contributed by atoms with Gasteiger partial charge in [0, 0.05) is 34.1 Å². The van der Waals surface area contributed by atoms with Crippen molar-refractivity contribution in [2.45, 2.75) is 19.5 Å². The van der Waals surface area contributed by atoms with Crippen LogP contribution in [0.5, 0.6) is 5.75 Å². The van der Waals surface area contributed by atoms with Crippen LogP contribution in [0, 0.1) is 5.82 Å². The molecular formula is C25H18BrClFN3O3S. The molecule has 3 aromatic carbocycles. The van der Waals surface area contributed by atoms with E-state index >= 15 is 0 Å². The Morgan fingerprint density at radius 1 is 1.26 bits per heavy atom. The van der Waals surface area contributed by atoms with E-state index in [0.717, 1.165) is 10.3 Å². The Kier molecular flexibility index (Phi) is 6.25. The standard InChI is InChI=1S/C25H18BrClFN3O3S/c1-12(32)29-25-30-22-19(35-25)10-17(26)20-21(22)24(33)31(11-13-3-6-15(34-2)7-4-13)23(20)16-9-14(28)5-8-18(16)27/h3-10,23H,11H2,1-2H3,(H,29,30,32). The van der Waals surface area contributed by atoms with Crippen LogP contribution >= 0.6 is 38.9 Å². The van der Waals surface area contributed by atoms with Crippen LogP contribution in [0.1, 0.15) is 40.0 Å². The molecule has 0 aliphatic carbocycles. The Morgan fingerprint density at radius 2 is 2.00 bits per heavy atom. The zero-order valence-electron chi connectivity index (χ0n) is 18.6. The topological polar surface area (TPSA) is 71.5 Å². The van der Waals surface area contributed by atoms with Crippen molar-refractivity contribution in [3.63, 3.8) is 0 Å². The summed E-state index contributed by atoms with van der Waals surface area (Å²) in [5.74, 6) is -0.260. The minimum Gasteiger partial charge on any atom is -0.497 e. The number of carbonyl (C=O) groups excluding carboxylic acids is 2. The molecule has 0 fully saturated rings. The van der Waals surface area contributed by atoms with Crippen molar-refractivity contribution in [1.29, 1.82) is 0 Å². The van der Waals surface area contributed by atoms with E-state index < -0.39 is 11.9 Å². The van der Waals surface area contributed by atoms with Crippen molar-refractivity contribution in [3.8, 4) is 5.75 Å². The normalized spacial score (nSPS) is 14.9. The Balaban J connectivity index is 1.70. The first kappa shape index (κ1) is 23.7. The average molecular weight is 575 g/mol. The van der Waals surface area contributed by atoms with E-state index in [1.54, 1.807) is 12.0 Å². The average Bonchev–Trinajstić information content (AvgIpc) is 3.34. The van der Waals surface area contributed by atoms with E-state index in [2.05, 4.69) is 26.2 Å². The highest BCUT2D eigenvalue weighted by molar-refractivity contribution is 9.10. The number of carbonyl (C=O) groups is 2. The predicted molar refractivity (Wildman–Crippen MR) is 138 cm³/mol. The van der Waals surface area contributed by atoms with Gasteiger partial charge < -0.3 is 15.0 Å². The van der Waals surface area contributed by atoms with Crippen molar-refractivity contribution in [1.82, 2.24) is 9.88 Å². The van der Waals surface area contributed by atoms with Crippen LogP contribution < -0.4 is 10.1 Å². The number of ether oxygens (including phenoxy) is 1. The molecule has 0 spiro atoms. The Hall–Kier alpha value is -3.01. The first-order chi connectivity index (χ1) is 16.8. The quantitative estimate of drug-likeness (QED) is 0.293. The number of nitrogens with zero attached hydrogens (tertiary/aromatic N) is 2. The van der Waals surface area contributed by atoms with E-state index in [-0.39, 0.29) is 18.4 Å². The number of hydrogen-bond donors (Lipinski definition) is 1. The van der Waals surface area contributed by atoms with Crippen LogP contribution in [0.4, 0.5) is 9.52 Å². The van der Waals surface area contributed by atoms with E-state index in [4.69, 9.17) is 16.3 Å². The Morgan fingerprint density at radius 3 is 2.69 bits per heavy atom. The number of benzene rings is 3. The molecule has 4 aromatic rings. The highest BCUT2D eigenvalue weighted by Gasteiger charge is 2.42. The molecule has 5 rings (SSSR count). The lowest BCUT2D eigenvalue weighted by atomic mass is 9.97. The first-order valence-electron chi connectivity index (χ1n) is 10.6. The predicted octanol–water partition coefficient (Wildman–Crippen LogP) is 6.56. The molecule has 1 atom stereocenters. The molecule has 1 aromatic heterocycles. The van der Waals surface area contributed by atoms with Crippen molar-refractivity contribution >= 4 is 66.0 Å². The number of rotatable bonds is 5. The highest BCUT2D eigenvalue weighted by atomic mass is 79.9. The van der Waals surface area contributed by atoms with E-state index in [9.17, 15) is 14.0 Å². The fraction of sp³-hybridized carbons (Fsp3) is 0.160. The summed E-state index contributed by atoms with van der Waals surface area (Å²) in [6, 6.07) is 12.7. The van der Waals surface area contributed by atoms with Crippen LogP contribution in [-0.4, -0.2) is 28.8 Å². The molecule has 0 bridgehead atoms. The van der Waals surface area contributed by atoms with Crippen LogP contribution in [0.25, 0.3) is 10.2 Å². The second-order valence-electron chi connectivity index (χ2n) is 8.04. The summed E-state index contributed by atoms with van der Waals surface area (Å²) in [4.78, 5) is 31.7. The van der Waals surface area contributed by atoms with Gasteiger partial charge in [0.15, 0.2) is 5.13 Å². The third kappa shape index (κ3) is 4.28. The van der Waals surface area contributed by atoms with Gasteiger partial charge in [-0.3, -0.25) is 9.59 Å². The van der Waals surface area contributed by atoms with Gasteiger partial charge in [-0.15, -0.1) is 0 Å². The van der Waals surface area contributed by atoms with Gasteiger partial charge >= 0.3 is 0 Å². The largest absolute Gasteiger partial charge is 0.497 e. The lowest BCUT2D eigenvalue weighted by Gasteiger charge is -2.27. The zero-order chi connectivity index (χ0) is 24.9. The molecule has 1 aliphatic heterocycles. The fourth-order valence-electron chi connectivity index (χ4n) is 4.29. The highest BCUT2D eigenvalue weighted by Crippen LogP contribution is 2.48. The zero-order valence-corrected chi connectivity index (χ0v) is 21.7. The van der Waals surface area contributed by atoms with Crippen LogP contribution in [-0.2, 0) is 11.3 Å². The van der Waals surface area contributed by atoms with Crippen LogP contribution in [0.3, 0.4) is 0 Å². The second-order valence-corrected chi connectivity index (χ2v) is 10.3. The van der Waals surface area contributed by atoms with E-state index in [1.807, 2.05) is 30.3 Å². The van der Waals surface area contributed by atoms with Crippen molar-refractivity contribution in [3.05, 3.63) is 86.1 Å². The van der Waals surface area contributed by atoms with Gasteiger partial charge in [0.1, 0.15) is 11.6 Å². The van der Waals surface area contributed by atoms with Crippen molar-refractivity contribution in [2.24, 2.45) is 0 Å². The lowest BCUT2D eigenvalue weighted by Crippen LogP contribution is -2.28. The number of thiazole rings is 1. The number of hydrogen-bond acceptors (Lipinski definition) is 5.